The number of aromatic amines is 1. The molecule has 4 nitrogen and oxygen atoms in total. The summed E-state index contributed by atoms with van der Waals surface area (Å²) in [6.45, 7) is -0.00472. The number of nitrogens with two attached hydrogens (primary N) is 2. The van der Waals surface area contributed by atoms with E-state index in [2.05, 4.69) is 4.98 Å². The first-order valence-corrected chi connectivity index (χ1v) is 3.56. The van der Waals surface area contributed by atoms with Crippen LogP contribution in [0.5, 0.6) is 0 Å². The molecule has 1 aromatic rings. The van der Waals surface area contributed by atoms with Crippen LogP contribution in [0.4, 0.5) is 14.5 Å². The van der Waals surface area contributed by atoms with E-state index in [4.69, 9.17) is 11.5 Å². The first-order valence-electron chi connectivity index (χ1n) is 3.56. The predicted octanol–water partition coefficient (Wildman–Crippen LogP) is 0.353. The van der Waals surface area contributed by atoms with Crippen molar-refractivity contribution in [1.82, 2.24) is 4.98 Å². The molecule has 13 heavy (non-hydrogen) atoms. The van der Waals surface area contributed by atoms with Crippen molar-refractivity contribution >= 4 is 5.69 Å². The Labute approximate surface area is 72.6 Å². The minimum absolute atomic E-state index is 0.00472. The first kappa shape index (κ1) is 9.66. The molecule has 72 valence electrons. The average Bonchev–Trinajstić information content (AvgIpc) is 2.09. The van der Waals surface area contributed by atoms with Crippen molar-refractivity contribution in [3.8, 4) is 0 Å². The number of nitrogens with one attached hydrogen (secondary N) is 1. The quantitative estimate of drug-likeness (QED) is 0.627. The van der Waals surface area contributed by atoms with Gasteiger partial charge in [0.2, 0.25) is 0 Å². The van der Waals surface area contributed by atoms with Crippen LogP contribution in [-0.2, 0) is 6.54 Å². The predicted molar refractivity (Wildman–Crippen MR) is 44.3 cm³/mol. The van der Waals surface area contributed by atoms with Crippen molar-refractivity contribution in [2.75, 3.05) is 5.73 Å². The number of hydrogen-bond donors (Lipinski definition) is 3. The molecule has 0 radical (unpaired) electrons. The molecule has 0 aliphatic carbocycles. The number of anilines is 1. The maximum atomic E-state index is 12.3. The Kier molecular flexibility index (Phi) is 2.62. The summed E-state index contributed by atoms with van der Waals surface area (Å²) in [7, 11) is 0. The molecule has 1 rings (SSSR count). The van der Waals surface area contributed by atoms with E-state index in [0.717, 1.165) is 6.07 Å². The van der Waals surface area contributed by atoms with E-state index < -0.39 is 23.2 Å². The molecule has 0 amide bonds. The molecule has 0 unspecified atom stereocenters. The Morgan fingerprint density at radius 1 is 1.54 bits per heavy atom. The Morgan fingerprint density at radius 3 is 2.62 bits per heavy atom. The van der Waals surface area contributed by atoms with Gasteiger partial charge in [-0.25, -0.2) is 8.78 Å². The highest BCUT2D eigenvalue weighted by Gasteiger charge is 2.14. The third kappa shape index (κ3) is 1.83. The van der Waals surface area contributed by atoms with Crippen molar-refractivity contribution < 1.29 is 8.78 Å². The van der Waals surface area contributed by atoms with Gasteiger partial charge in [-0.15, -0.1) is 0 Å². The molecule has 0 bridgehead atoms. The Balaban J connectivity index is 3.33. The topological polar surface area (TPSA) is 84.9 Å². The van der Waals surface area contributed by atoms with Crippen molar-refractivity contribution in [3.63, 3.8) is 0 Å². The third-order valence-corrected chi connectivity index (χ3v) is 1.61. The van der Waals surface area contributed by atoms with Crippen molar-refractivity contribution in [1.29, 1.82) is 0 Å². The van der Waals surface area contributed by atoms with Gasteiger partial charge < -0.3 is 16.5 Å². The molecule has 1 aromatic heterocycles. The van der Waals surface area contributed by atoms with Crippen LogP contribution >= 0.6 is 0 Å². The monoisotopic (exact) mass is 189 g/mol. The lowest BCUT2D eigenvalue weighted by Gasteiger charge is -2.05. The molecule has 0 atom stereocenters. The summed E-state index contributed by atoms with van der Waals surface area (Å²) < 4.78 is 24.5. The van der Waals surface area contributed by atoms with Crippen molar-refractivity contribution in [2.45, 2.75) is 13.0 Å². The second kappa shape index (κ2) is 3.53. The molecule has 0 aliphatic rings. The molecule has 0 aromatic carbocycles. The summed E-state index contributed by atoms with van der Waals surface area (Å²) in [6, 6.07) is 1.10. The van der Waals surface area contributed by atoms with Gasteiger partial charge in [0.15, 0.2) is 0 Å². The largest absolute Gasteiger partial charge is 0.394 e. The molecule has 0 saturated heterocycles. The van der Waals surface area contributed by atoms with Crippen LogP contribution in [0, 0.1) is 0 Å². The number of aromatic nitrogens is 1. The van der Waals surface area contributed by atoms with Crippen LogP contribution in [-0.4, -0.2) is 4.98 Å². The van der Waals surface area contributed by atoms with Gasteiger partial charge in [-0.3, -0.25) is 4.79 Å². The van der Waals surface area contributed by atoms with Gasteiger partial charge in [-0.1, -0.05) is 0 Å². The Morgan fingerprint density at radius 2 is 2.15 bits per heavy atom. The zero-order valence-corrected chi connectivity index (χ0v) is 6.68. The number of pyridine rings is 1. The van der Waals surface area contributed by atoms with E-state index in [-0.39, 0.29) is 12.2 Å². The SMILES string of the molecule is NCc1cc(C(F)F)c(N)c(=O)[nH]1. The third-order valence-electron chi connectivity index (χ3n) is 1.61. The number of nitrogen functional groups attached to an aromatic ring is 1. The fourth-order valence-electron chi connectivity index (χ4n) is 0.936. The molecule has 6 heteroatoms. The molecular formula is C7H9F2N3O. The number of rotatable bonds is 2. The number of H-pyrrole nitrogens is 1. The maximum absolute atomic E-state index is 12.3. The minimum atomic E-state index is -2.76. The van der Waals surface area contributed by atoms with E-state index in [1.165, 1.54) is 0 Å². The van der Waals surface area contributed by atoms with Crippen LogP contribution < -0.4 is 17.0 Å². The number of alkyl halides is 2. The van der Waals surface area contributed by atoms with E-state index >= 15 is 0 Å². The second-order valence-corrected chi connectivity index (χ2v) is 2.50. The van der Waals surface area contributed by atoms with Crippen LogP contribution in [0.3, 0.4) is 0 Å². The van der Waals surface area contributed by atoms with E-state index in [1.54, 1.807) is 0 Å². The molecule has 0 fully saturated rings. The second-order valence-electron chi connectivity index (χ2n) is 2.50. The van der Waals surface area contributed by atoms with Gasteiger partial charge in [0.05, 0.1) is 0 Å². The lowest BCUT2D eigenvalue weighted by Crippen LogP contribution is -2.18. The number of hydrogen-bond acceptors (Lipinski definition) is 3. The zero-order valence-electron chi connectivity index (χ0n) is 6.68. The smallest absolute Gasteiger partial charge is 0.271 e. The Hall–Kier alpha value is -1.43. The highest BCUT2D eigenvalue weighted by molar-refractivity contribution is 5.45. The lowest BCUT2D eigenvalue weighted by atomic mass is 10.2. The van der Waals surface area contributed by atoms with E-state index in [1.807, 2.05) is 0 Å². The molecule has 0 aliphatic heterocycles. The van der Waals surface area contributed by atoms with Gasteiger partial charge in [-0.2, -0.15) is 0 Å². The fraction of sp³-hybridized carbons (Fsp3) is 0.286. The lowest BCUT2D eigenvalue weighted by molar-refractivity contribution is 0.152. The van der Waals surface area contributed by atoms with Crippen LogP contribution in [0.2, 0.25) is 0 Å². The fourth-order valence-corrected chi connectivity index (χ4v) is 0.936. The Bertz CT molecular complexity index is 361. The van der Waals surface area contributed by atoms with Crippen molar-refractivity contribution in [3.05, 3.63) is 27.7 Å². The van der Waals surface area contributed by atoms with Crippen LogP contribution in [0.15, 0.2) is 10.9 Å². The summed E-state index contributed by atoms with van der Waals surface area (Å²) in [6.07, 6.45) is -2.76. The number of halogens is 2. The van der Waals surface area contributed by atoms with Gasteiger partial charge >= 0.3 is 0 Å². The highest BCUT2D eigenvalue weighted by atomic mass is 19.3. The molecule has 1 heterocycles. The van der Waals surface area contributed by atoms with Crippen LogP contribution in [0.25, 0.3) is 0 Å². The minimum Gasteiger partial charge on any atom is -0.394 e. The average molecular weight is 189 g/mol. The zero-order chi connectivity index (χ0) is 10.0. The molecule has 0 spiro atoms. The molecular weight excluding hydrogens is 180 g/mol. The molecule has 0 saturated carbocycles. The standard InChI is InChI=1S/C7H9F2N3O/c8-6(9)4-1-3(2-10)12-7(13)5(4)11/h1,6H,2,10-11H2,(H,12,13). The van der Waals surface area contributed by atoms with Gasteiger partial charge in [0.1, 0.15) is 5.69 Å². The summed E-state index contributed by atoms with van der Waals surface area (Å²) in [5.41, 5.74) is 8.93. The highest BCUT2D eigenvalue weighted by Crippen LogP contribution is 2.22. The van der Waals surface area contributed by atoms with Crippen LogP contribution in [0.1, 0.15) is 17.7 Å². The van der Waals surface area contributed by atoms with Gasteiger partial charge in [-0.05, 0) is 6.07 Å². The van der Waals surface area contributed by atoms with Gasteiger partial charge in [0.25, 0.3) is 12.0 Å². The summed E-state index contributed by atoms with van der Waals surface area (Å²) >= 11 is 0. The first-order chi connectivity index (χ1) is 6.06. The summed E-state index contributed by atoms with van der Waals surface area (Å²) in [5.74, 6) is 0. The van der Waals surface area contributed by atoms with E-state index in [9.17, 15) is 13.6 Å². The maximum Gasteiger partial charge on any atom is 0.271 e. The normalized spacial score (nSPS) is 10.8. The summed E-state index contributed by atoms with van der Waals surface area (Å²) in [4.78, 5) is 13.2. The molecule has 5 N–H and O–H groups in total. The summed E-state index contributed by atoms with van der Waals surface area (Å²) in [5, 5.41) is 0. The van der Waals surface area contributed by atoms with E-state index in [0.29, 0.717) is 0 Å². The van der Waals surface area contributed by atoms with Crippen molar-refractivity contribution in [2.24, 2.45) is 5.73 Å². The van der Waals surface area contributed by atoms with Gasteiger partial charge in [0, 0.05) is 17.8 Å².